The van der Waals surface area contributed by atoms with E-state index in [0.29, 0.717) is 5.52 Å². The molecule has 0 fully saturated rings. The van der Waals surface area contributed by atoms with Crippen molar-refractivity contribution < 1.29 is 0 Å². The third-order valence-electron chi connectivity index (χ3n) is 1.67. The van der Waals surface area contributed by atoms with Crippen molar-refractivity contribution in [3.63, 3.8) is 0 Å². The summed E-state index contributed by atoms with van der Waals surface area (Å²) in [6, 6.07) is 1.86. The highest BCUT2D eigenvalue weighted by Gasteiger charge is 1.96. The van der Waals surface area contributed by atoms with Crippen molar-refractivity contribution >= 4 is 5.52 Å². The van der Waals surface area contributed by atoms with E-state index in [-0.39, 0.29) is 5.56 Å². The Kier molecular flexibility index (Phi) is 1.12. The fourth-order valence-electron chi connectivity index (χ4n) is 1.19. The lowest BCUT2D eigenvalue weighted by Crippen LogP contribution is -2.06. The molecule has 0 amide bonds. The summed E-state index contributed by atoms with van der Waals surface area (Å²) in [5, 5.41) is 0. The van der Waals surface area contributed by atoms with E-state index in [2.05, 4.69) is 4.98 Å². The van der Waals surface area contributed by atoms with Crippen molar-refractivity contribution in [2.45, 2.75) is 6.92 Å². The zero-order valence-corrected chi connectivity index (χ0v) is 6.16. The fraction of sp³-hybridized carbons (Fsp3) is 0.125. The molecule has 56 valence electrons. The van der Waals surface area contributed by atoms with Crippen LogP contribution in [0.15, 0.2) is 29.5 Å². The van der Waals surface area contributed by atoms with Gasteiger partial charge in [-0.05, 0) is 18.6 Å². The first-order valence-corrected chi connectivity index (χ1v) is 3.43. The molecule has 2 rings (SSSR count). The van der Waals surface area contributed by atoms with E-state index in [0.717, 1.165) is 5.56 Å². The van der Waals surface area contributed by atoms with E-state index in [1.165, 1.54) is 0 Å². The van der Waals surface area contributed by atoms with Crippen molar-refractivity contribution in [2.75, 3.05) is 0 Å². The molecule has 3 nitrogen and oxygen atoms in total. The van der Waals surface area contributed by atoms with E-state index in [1.54, 1.807) is 6.20 Å². The van der Waals surface area contributed by atoms with Crippen molar-refractivity contribution in [2.24, 2.45) is 0 Å². The molecule has 0 aliphatic heterocycles. The quantitative estimate of drug-likeness (QED) is 0.593. The third-order valence-corrected chi connectivity index (χ3v) is 1.67. The predicted molar refractivity (Wildman–Crippen MR) is 42.8 cm³/mol. The molecule has 3 heteroatoms. The van der Waals surface area contributed by atoms with Gasteiger partial charge in [-0.2, -0.15) is 0 Å². The van der Waals surface area contributed by atoms with Crippen molar-refractivity contribution in [3.05, 3.63) is 40.6 Å². The molecular weight excluding hydrogens is 140 g/mol. The number of aromatic nitrogens is 2. The Morgan fingerprint density at radius 2 is 2.36 bits per heavy atom. The van der Waals surface area contributed by atoms with Crippen LogP contribution in [0.2, 0.25) is 0 Å². The Morgan fingerprint density at radius 3 is 3.09 bits per heavy atom. The molecule has 2 aromatic rings. The lowest BCUT2D eigenvalue weighted by molar-refractivity contribution is 1.10. The largest absolute Gasteiger partial charge is 0.326 e. The van der Waals surface area contributed by atoms with Crippen molar-refractivity contribution in [1.82, 2.24) is 9.38 Å². The second kappa shape index (κ2) is 1.99. The van der Waals surface area contributed by atoms with Crippen molar-refractivity contribution in [3.8, 4) is 0 Å². The zero-order valence-electron chi connectivity index (χ0n) is 6.16. The molecule has 1 N–H and O–H groups in total. The van der Waals surface area contributed by atoms with Gasteiger partial charge in [0.1, 0.15) is 5.52 Å². The van der Waals surface area contributed by atoms with Crippen LogP contribution in [-0.4, -0.2) is 9.38 Å². The molecule has 0 spiro atoms. The Hall–Kier alpha value is -1.51. The SMILES string of the molecule is Cc1cc2c(=O)[nH]ccn2c1. The Labute approximate surface area is 63.3 Å². The van der Waals surface area contributed by atoms with Gasteiger partial charge in [-0.15, -0.1) is 0 Å². The summed E-state index contributed by atoms with van der Waals surface area (Å²) in [7, 11) is 0. The molecular formula is C8H8N2O. The van der Waals surface area contributed by atoms with E-state index in [4.69, 9.17) is 0 Å². The predicted octanol–water partition coefficient (Wildman–Crippen LogP) is 0.936. The fourth-order valence-corrected chi connectivity index (χ4v) is 1.19. The molecule has 11 heavy (non-hydrogen) atoms. The number of nitrogens with one attached hydrogen (secondary N) is 1. The zero-order chi connectivity index (χ0) is 7.84. The molecule has 2 aromatic heterocycles. The van der Waals surface area contributed by atoms with Gasteiger partial charge in [0, 0.05) is 18.6 Å². The summed E-state index contributed by atoms with van der Waals surface area (Å²) in [5.41, 5.74) is 1.76. The van der Waals surface area contributed by atoms with Gasteiger partial charge < -0.3 is 9.38 Å². The van der Waals surface area contributed by atoms with Gasteiger partial charge in [-0.3, -0.25) is 4.79 Å². The summed E-state index contributed by atoms with van der Waals surface area (Å²) in [5.74, 6) is 0. The van der Waals surface area contributed by atoms with Crippen LogP contribution in [0.3, 0.4) is 0 Å². The van der Waals surface area contributed by atoms with Crippen molar-refractivity contribution in [1.29, 1.82) is 0 Å². The smallest absolute Gasteiger partial charge is 0.272 e. The van der Waals surface area contributed by atoms with Gasteiger partial charge in [0.05, 0.1) is 0 Å². The molecule has 0 aliphatic carbocycles. The van der Waals surface area contributed by atoms with Gasteiger partial charge in [0.15, 0.2) is 0 Å². The number of H-pyrrole nitrogens is 1. The topological polar surface area (TPSA) is 37.3 Å². The Balaban J connectivity index is 3.02. The molecule has 0 radical (unpaired) electrons. The number of hydrogen-bond donors (Lipinski definition) is 1. The average molecular weight is 148 g/mol. The van der Waals surface area contributed by atoms with Crippen LogP contribution in [0.1, 0.15) is 5.56 Å². The Morgan fingerprint density at radius 1 is 1.55 bits per heavy atom. The highest BCUT2D eigenvalue weighted by molar-refractivity contribution is 5.47. The highest BCUT2D eigenvalue weighted by atomic mass is 16.1. The van der Waals surface area contributed by atoms with Gasteiger partial charge in [-0.1, -0.05) is 0 Å². The summed E-state index contributed by atoms with van der Waals surface area (Å²) < 4.78 is 1.81. The van der Waals surface area contributed by atoms with E-state index < -0.39 is 0 Å². The standard InChI is InChI=1S/C8H8N2O/c1-6-4-7-8(11)9-2-3-10(7)5-6/h2-5H,1H3,(H,9,11). The van der Waals surface area contributed by atoms with Gasteiger partial charge >= 0.3 is 0 Å². The maximum atomic E-state index is 11.1. The second-order valence-corrected chi connectivity index (χ2v) is 2.60. The van der Waals surface area contributed by atoms with Crippen LogP contribution in [0.5, 0.6) is 0 Å². The Bertz CT molecular complexity index is 439. The monoisotopic (exact) mass is 148 g/mol. The number of nitrogens with zero attached hydrogens (tertiary/aromatic N) is 1. The van der Waals surface area contributed by atoms with Gasteiger partial charge in [0.2, 0.25) is 0 Å². The van der Waals surface area contributed by atoms with E-state index in [9.17, 15) is 4.79 Å². The van der Waals surface area contributed by atoms with E-state index in [1.807, 2.05) is 29.8 Å². The summed E-state index contributed by atoms with van der Waals surface area (Å²) >= 11 is 0. The molecule has 2 heterocycles. The maximum absolute atomic E-state index is 11.1. The van der Waals surface area contributed by atoms with Crippen LogP contribution >= 0.6 is 0 Å². The van der Waals surface area contributed by atoms with Crippen LogP contribution in [0.25, 0.3) is 5.52 Å². The molecule has 0 atom stereocenters. The second-order valence-electron chi connectivity index (χ2n) is 2.60. The lowest BCUT2D eigenvalue weighted by atomic mass is 10.4. The minimum Gasteiger partial charge on any atom is -0.326 e. The number of aromatic amines is 1. The maximum Gasteiger partial charge on any atom is 0.272 e. The molecule has 0 aliphatic rings. The first kappa shape index (κ1) is 6.22. The average Bonchev–Trinajstić information content (AvgIpc) is 2.31. The molecule has 0 bridgehead atoms. The number of rotatable bonds is 0. The third kappa shape index (κ3) is 0.852. The number of aryl methyl sites for hydroxylation is 1. The summed E-state index contributed by atoms with van der Waals surface area (Å²) in [6.07, 6.45) is 5.38. The first-order valence-electron chi connectivity index (χ1n) is 3.43. The van der Waals surface area contributed by atoms with Crippen LogP contribution in [-0.2, 0) is 0 Å². The van der Waals surface area contributed by atoms with Crippen LogP contribution in [0.4, 0.5) is 0 Å². The normalized spacial score (nSPS) is 10.6. The summed E-state index contributed by atoms with van der Waals surface area (Å²) in [4.78, 5) is 13.7. The van der Waals surface area contributed by atoms with Gasteiger partial charge in [-0.25, -0.2) is 0 Å². The number of hydrogen-bond acceptors (Lipinski definition) is 1. The van der Waals surface area contributed by atoms with Crippen LogP contribution < -0.4 is 5.56 Å². The lowest BCUT2D eigenvalue weighted by Gasteiger charge is -1.88. The molecule has 0 saturated heterocycles. The van der Waals surface area contributed by atoms with Gasteiger partial charge in [0.25, 0.3) is 5.56 Å². The first-order chi connectivity index (χ1) is 5.27. The van der Waals surface area contributed by atoms with Crippen LogP contribution in [0, 0.1) is 6.92 Å². The molecule has 0 saturated carbocycles. The minimum absolute atomic E-state index is 0.0411. The van der Waals surface area contributed by atoms with E-state index >= 15 is 0 Å². The summed E-state index contributed by atoms with van der Waals surface area (Å²) in [6.45, 7) is 1.96. The number of fused-ring (bicyclic) bond motifs is 1. The highest BCUT2D eigenvalue weighted by Crippen LogP contribution is 2.02. The molecule has 0 aromatic carbocycles. The molecule has 0 unspecified atom stereocenters. The minimum atomic E-state index is -0.0411.